The van der Waals surface area contributed by atoms with Crippen molar-refractivity contribution >= 4 is 28.5 Å². The number of nitrogens with zero attached hydrogens (tertiary/aromatic N) is 3. The van der Waals surface area contributed by atoms with Crippen molar-refractivity contribution in [3.8, 4) is 17.0 Å². The second-order valence-corrected chi connectivity index (χ2v) is 12.5. The molecule has 1 unspecified atom stereocenters. The largest absolute Gasteiger partial charge is 0.497 e. The molecule has 5 aromatic rings. The van der Waals surface area contributed by atoms with Gasteiger partial charge in [0.15, 0.2) is 0 Å². The lowest BCUT2D eigenvalue weighted by molar-refractivity contribution is -0.124. The molecule has 1 N–H and O–H groups in total. The van der Waals surface area contributed by atoms with Crippen LogP contribution in [0.4, 0.5) is 0 Å². The van der Waals surface area contributed by atoms with Gasteiger partial charge in [-0.15, -0.1) is 0 Å². The number of hydrogen-bond acceptors (Lipinski definition) is 4. The maximum Gasteiger partial charge on any atom is 0.243 e. The summed E-state index contributed by atoms with van der Waals surface area (Å²) in [6.07, 6.45) is 1.32. The third-order valence-electron chi connectivity index (χ3n) is 7.94. The highest BCUT2D eigenvalue weighted by Gasteiger charge is 2.31. The number of nitrogens with one attached hydrogen (secondary N) is 1. The molecule has 0 bridgehead atoms. The number of hydrogen-bond donors (Lipinski definition) is 1. The average molecular weight is 609 g/mol. The highest BCUT2D eigenvalue weighted by molar-refractivity contribution is 6.30. The molecule has 0 saturated heterocycles. The number of halogens is 1. The average Bonchev–Trinajstić information content (AvgIpc) is 3.33. The summed E-state index contributed by atoms with van der Waals surface area (Å²) in [5.41, 5.74) is 6.96. The van der Waals surface area contributed by atoms with Crippen LogP contribution in [0.25, 0.3) is 22.3 Å². The van der Waals surface area contributed by atoms with Gasteiger partial charge in [0.25, 0.3) is 0 Å². The first-order valence-corrected chi connectivity index (χ1v) is 15.7. The van der Waals surface area contributed by atoms with E-state index < -0.39 is 6.04 Å². The van der Waals surface area contributed by atoms with Gasteiger partial charge in [0.05, 0.1) is 18.5 Å². The zero-order valence-corrected chi connectivity index (χ0v) is 27.2. The van der Waals surface area contributed by atoms with E-state index in [1.54, 1.807) is 7.11 Å². The summed E-state index contributed by atoms with van der Waals surface area (Å²) in [7, 11) is 1.65. The molecule has 0 aliphatic rings. The van der Waals surface area contributed by atoms with Crippen LogP contribution in [0.1, 0.15) is 74.3 Å². The Labute approximate surface area is 265 Å². The third kappa shape index (κ3) is 6.81. The lowest BCUT2D eigenvalue weighted by Gasteiger charge is -2.24. The number of rotatable bonds is 11. The van der Waals surface area contributed by atoms with Gasteiger partial charge in [-0.25, -0.2) is 9.97 Å². The topological polar surface area (TPSA) is 69.0 Å². The van der Waals surface area contributed by atoms with E-state index >= 15 is 0 Å². The maximum atomic E-state index is 14.3. The van der Waals surface area contributed by atoms with Gasteiger partial charge in [-0.05, 0) is 65.8 Å². The van der Waals surface area contributed by atoms with Gasteiger partial charge in [0.1, 0.15) is 23.3 Å². The molecule has 1 amide bonds. The molecular formula is C37H41ClN4O2. The van der Waals surface area contributed by atoms with Gasteiger partial charge < -0.3 is 14.6 Å². The van der Waals surface area contributed by atoms with Crippen LogP contribution in [0.3, 0.4) is 0 Å². The van der Waals surface area contributed by atoms with E-state index in [0.29, 0.717) is 24.4 Å². The van der Waals surface area contributed by atoms with E-state index in [4.69, 9.17) is 26.3 Å². The summed E-state index contributed by atoms with van der Waals surface area (Å²) in [4.78, 5) is 24.5. The first-order chi connectivity index (χ1) is 21.2. The van der Waals surface area contributed by atoms with Crippen molar-refractivity contribution in [2.45, 2.75) is 66.0 Å². The van der Waals surface area contributed by atoms with E-state index in [1.165, 1.54) is 5.56 Å². The minimum absolute atomic E-state index is 0.0461. The SMILES string of the molecule is COc1ccc(CNC(=O)C(CC(C)C)n2c(-c3ccc(Cl)cc3)c(Cc3ccccc3)c3c(C)nc(C(C)C)nc32)cc1. The van der Waals surface area contributed by atoms with Crippen LogP contribution in [-0.2, 0) is 17.8 Å². The number of carbonyl (C=O) groups excluding carboxylic acids is 1. The number of aryl methyl sites for hydroxylation is 1. The van der Waals surface area contributed by atoms with Crippen LogP contribution in [-0.4, -0.2) is 27.6 Å². The minimum Gasteiger partial charge on any atom is -0.497 e. The maximum absolute atomic E-state index is 14.3. The molecule has 0 aliphatic carbocycles. The van der Waals surface area contributed by atoms with Crippen LogP contribution in [0.5, 0.6) is 5.75 Å². The second-order valence-electron chi connectivity index (χ2n) is 12.1. The lowest BCUT2D eigenvalue weighted by atomic mass is 9.97. The van der Waals surface area contributed by atoms with Crippen molar-refractivity contribution in [1.82, 2.24) is 19.9 Å². The van der Waals surface area contributed by atoms with Crippen molar-refractivity contribution in [2.75, 3.05) is 7.11 Å². The minimum atomic E-state index is -0.500. The van der Waals surface area contributed by atoms with Gasteiger partial charge in [-0.3, -0.25) is 4.79 Å². The van der Waals surface area contributed by atoms with E-state index in [-0.39, 0.29) is 17.7 Å². The standard InChI is InChI=1S/C37H41ClN4O2/c1-23(2)20-32(37(43)39-22-27-12-18-30(44-6)19-13-27)42-34(28-14-16-29(38)17-15-28)31(21-26-10-8-7-9-11-26)33-25(5)40-35(24(3)4)41-36(33)42/h7-19,23-24,32H,20-22H2,1-6H3,(H,39,43). The molecule has 5 rings (SSSR count). The highest BCUT2D eigenvalue weighted by Crippen LogP contribution is 2.40. The molecule has 0 spiro atoms. The predicted octanol–water partition coefficient (Wildman–Crippen LogP) is 8.69. The van der Waals surface area contributed by atoms with Crippen LogP contribution in [0.15, 0.2) is 78.9 Å². The number of ether oxygens (including phenoxy) is 1. The Morgan fingerprint density at radius 1 is 0.909 bits per heavy atom. The Bertz CT molecular complexity index is 1730. The van der Waals surface area contributed by atoms with Crippen molar-refractivity contribution in [3.63, 3.8) is 0 Å². The van der Waals surface area contributed by atoms with Gasteiger partial charge >= 0.3 is 0 Å². The summed E-state index contributed by atoms with van der Waals surface area (Å²) in [5.74, 6) is 1.89. The molecule has 0 aliphatic heterocycles. The van der Waals surface area contributed by atoms with Crippen molar-refractivity contribution < 1.29 is 9.53 Å². The molecule has 0 saturated carbocycles. The number of benzene rings is 3. The Morgan fingerprint density at radius 2 is 1.59 bits per heavy atom. The summed E-state index contributed by atoms with van der Waals surface area (Å²) < 4.78 is 7.49. The molecule has 44 heavy (non-hydrogen) atoms. The quantitative estimate of drug-likeness (QED) is 0.163. The first-order valence-electron chi connectivity index (χ1n) is 15.3. The van der Waals surface area contributed by atoms with Crippen LogP contribution < -0.4 is 10.1 Å². The highest BCUT2D eigenvalue weighted by atomic mass is 35.5. The number of methoxy groups -OCH3 is 1. The molecule has 0 radical (unpaired) electrons. The number of carbonyl (C=O) groups is 1. The van der Waals surface area contributed by atoms with Crippen LogP contribution >= 0.6 is 11.6 Å². The van der Waals surface area contributed by atoms with Gasteiger partial charge in [0.2, 0.25) is 5.91 Å². The molecule has 1 atom stereocenters. The Kier molecular flexibility index (Phi) is 9.70. The molecule has 228 valence electrons. The molecule has 3 aromatic carbocycles. The Morgan fingerprint density at radius 3 is 2.20 bits per heavy atom. The number of aromatic nitrogens is 3. The van der Waals surface area contributed by atoms with Gasteiger partial charge in [-0.1, -0.05) is 93.9 Å². The number of fused-ring (bicyclic) bond motifs is 1. The van der Waals surface area contributed by atoms with Crippen LogP contribution in [0, 0.1) is 12.8 Å². The molecule has 6 nitrogen and oxygen atoms in total. The predicted molar refractivity (Wildman–Crippen MR) is 179 cm³/mol. The molecule has 2 heterocycles. The fourth-order valence-corrected chi connectivity index (χ4v) is 5.88. The lowest BCUT2D eigenvalue weighted by Crippen LogP contribution is -2.33. The smallest absolute Gasteiger partial charge is 0.243 e. The molecule has 2 aromatic heterocycles. The number of amides is 1. The van der Waals surface area contributed by atoms with Crippen LogP contribution in [0.2, 0.25) is 5.02 Å². The fraction of sp³-hybridized carbons (Fsp3) is 0.324. The summed E-state index contributed by atoms with van der Waals surface area (Å²) in [5, 5.41) is 4.90. The van der Waals surface area contributed by atoms with Gasteiger partial charge in [-0.2, -0.15) is 0 Å². The molecule has 7 heteroatoms. The van der Waals surface area contributed by atoms with Crippen molar-refractivity contribution in [1.29, 1.82) is 0 Å². The zero-order chi connectivity index (χ0) is 31.4. The fourth-order valence-electron chi connectivity index (χ4n) is 5.76. The van der Waals surface area contributed by atoms with E-state index in [2.05, 4.69) is 68.8 Å². The van der Waals surface area contributed by atoms with Crippen molar-refractivity contribution in [2.24, 2.45) is 5.92 Å². The third-order valence-corrected chi connectivity index (χ3v) is 8.19. The molecular weight excluding hydrogens is 568 g/mol. The zero-order valence-electron chi connectivity index (χ0n) is 26.4. The van der Waals surface area contributed by atoms with Gasteiger partial charge in [0, 0.05) is 29.3 Å². The Balaban J connectivity index is 1.74. The summed E-state index contributed by atoms with van der Waals surface area (Å²) in [6.45, 7) is 11.0. The second kappa shape index (κ2) is 13.6. The van der Waals surface area contributed by atoms with E-state index in [9.17, 15) is 4.79 Å². The van der Waals surface area contributed by atoms with Crippen molar-refractivity contribution in [3.05, 3.63) is 112 Å². The summed E-state index contributed by atoms with van der Waals surface area (Å²) in [6, 6.07) is 25.6. The monoisotopic (exact) mass is 608 g/mol. The van der Waals surface area contributed by atoms with E-state index in [0.717, 1.165) is 50.7 Å². The first kappa shape index (κ1) is 31.3. The Hall–Kier alpha value is -4.16. The normalized spacial score (nSPS) is 12.2. The summed E-state index contributed by atoms with van der Waals surface area (Å²) >= 11 is 6.37. The van der Waals surface area contributed by atoms with E-state index in [1.807, 2.05) is 54.6 Å². The molecule has 0 fully saturated rings.